The average molecular weight is 510 g/mol. The van der Waals surface area contributed by atoms with Gasteiger partial charge >= 0.3 is 6.18 Å². The first-order chi connectivity index (χ1) is 17.7. The van der Waals surface area contributed by atoms with Crippen molar-refractivity contribution in [3.8, 4) is 28.4 Å². The number of hydrogen-bond donors (Lipinski definition) is 1. The molecule has 1 saturated heterocycles. The molecule has 2 heterocycles. The Morgan fingerprint density at radius 1 is 1.00 bits per heavy atom. The van der Waals surface area contributed by atoms with Crippen LogP contribution in [0.5, 0.6) is 17.2 Å². The predicted octanol–water partition coefficient (Wildman–Crippen LogP) is 7.35. The molecule has 1 aromatic heterocycles. The Morgan fingerprint density at radius 2 is 1.70 bits per heavy atom. The van der Waals surface area contributed by atoms with Crippen LogP contribution in [0, 0.1) is 0 Å². The van der Waals surface area contributed by atoms with Gasteiger partial charge in [-0.1, -0.05) is 48.9 Å². The molecule has 1 aliphatic heterocycles. The Kier molecular flexibility index (Phi) is 6.69. The molecular formula is C29H26F3NO4. The summed E-state index contributed by atoms with van der Waals surface area (Å²) in [5, 5.41) is 10.5. The summed E-state index contributed by atoms with van der Waals surface area (Å²) in [5.41, 5.74) is 0.718. The van der Waals surface area contributed by atoms with Crippen LogP contribution in [0.4, 0.5) is 13.2 Å². The van der Waals surface area contributed by atoms with Gasteiger partial charge in [0.25, 0.3) is 5.76 Å². The second-order valence-corrected chi connectivity index (χ2v) is 9.33. The van der Waals surface area contributed by atoms with Crippen LogP contribution in [-0.2, 0) is 12.7 Å². The summed E-state index contributed by atoms with van der Waals surface area (Å²) < 4.78 is 53.2. The van der Waals surface area contributed by atoms with E-state index in [1.807, 2.05) is 37.3 Å². The fourth-order valence-corrected chi connectivity index (χ4v) is 4.78. The summed E-state index contributed by atoms with van der Waals surface area (Å²) in [4.78, 5) is 15.4. The third-order valence-corrected chi connectivity index (χ3v) is 6.84. The number of fused-ring (bicyclic) bond motifs is 1. The van der Waals surface area contributed by atoms with Crippen LogP contribution in [-0.4, -0.2) is 22.6 Å². The number of likely N-dealkylation sites (tertiary alicyclic amines) is 1. The molecule has 0 aliphatic carbocycles. The molecule has 0 saturated carbocycles. The Balaban J connectivity index is 1.57. The van der Waals surface area contributed by atoms with E-state index in [9.17, 15) is 23.1 Å². The van der Waals surface area contributed by atoms with Gasteiger partial charge in [-0.15, -0.1) is 0 Å². The summed E-state index contributed by atoms with van der Waals surface area (Å²) in [6, 6.07) is 18.7. The van der Waals surface area contributed by atoms with E-state index in [-0.39, 0.29) is 40.6 Å². The standard InChI is InChI=1S/C29H26F3NO4/c1-18-7-5-6-16-33(18)17-23-24(34)15-14-22-25(35)27(28(29(30,31)32)37-26(22)23)36-21-12-10-20(11-13-21)19-8-3-2-4-9-19/h2-4,8-15,18,34H,5-7,16-17H2,1H3/t18-/m0/s1. The number of aromatic hydroxyl groups is 1. The van der Waals surface area contributed by atoms with E-state index >= 15 is 0 Å². The van der Waals surface area contributed by atoms with Crippen LogP contribution in [0.1, 0.15) is 37.5 Å². The quantitative estimate of drug-likeness (QED) is 0.305. The zero-order valence-electron chi connectivity index (χ0n) is 20.2. The van der Waals surface area contributed by atoms with E-state index in [4.69, 9.17) is 9.15 Å². The third kappa shape index (κ3) is 5.06. The van der Waals surface area contributed by atoms with E-state index < -0.39 is 23.1 Å². The minimum atomic E-state index is -4.99. The van der Waals surface area contributed by atoms with Crippen LogP contribution >= 0.6 is 0 Å². The number of benzene rings is 3. The van der Waals surface area contributed by atoms with Gasteiger partial charge in [0.05, 0.1) is 10.9 Å². The van der Waals surface area contributed by atoms with Crippen molar-refractivity contribution < 1.29 is 27.4 Å². The minimum Gasteiger partial charge on any atom is -0.507 e. The van der Waals surface area contributed by atoms with Gasteiger partial charge in [0.1, 0.15) is 17.1 Å². The van der Waals surface area contributed by atoms with Crippen molar-refractivity contribution in [3.05, 3.63) is 88.3 Å². The van der Waals surface area contributed by atoms with Gasteiger partial charge in [-0.2, -0.15) is 13.2 Å². The minimum absolute atomic E-state index is 0.0676. The molecule has 3 aromatic carbocycles. The first-order valence-electron chi connectivity index (χ1n) is 12.2. The van der Waals surface area contributed by atoms with Crippen molar-refractivity contribution in [1.29, 1.82) is 0 Å². The lowest BCUT2D eigenvalue weighted by Crippen LogP contribution is -2.36. The summed E-state index contributed by atoms with van der Waals surface area (Å²) >= 11 is 0. The molecular weight excluding hydrogens is 483 g/mol. The van der Waals surface area contributed by atoms with Crippen molar-refractivity contribution >= 4 is 11.0 Å². The van der Waals surface area contributed by atoms with Crippen molar-refractivity contribution in [2.45, 2.75) is 44.9 Å². The van der Waals surface area contributed by atoms with Crippen LogP contribution < -0.4 is 10.2 Å². The van der Waals surface area contributed by atoms with Crippen LogP contribution in [0.15, 0.2) is 75.9 Å². The number of nitrogens with zero attached hydrogens (tertiary/aromatic N) is 1. The third-order valence-electron chi connectivity index (χ3n) is 6.84. The topological polar surface area (TPSA) is 62.9 Å². The molecule has 1 fully saturated rings. The fourth-order valence-electron chi connectivity index (χ4n) is 4.78. The molecule has 0 unspecified atom stereocenters. The maximum atomic E-state index is 14.1. The number of piperidine rings is 1. The van der Waals surface area contributed by atoms with Gasteiger partial charge in [-0.05, 0) is 61.7 Å². The Bertz CT molecular complexity index is 1460. The van der Waals surface area contributed by atoms with Crippen molar-refractivity contribution in [2.75, 3.05) is 6.54 Å². The first-order valence-corrected chi connectivity index (χ1v) is 12.2. The maximum Gasteiger partial charge on any atom is 0.453 e. The van der Waals surface area contributed by atoms with E-state index in [1.54, 1.807) is 12.1 Å². The highest BCUT2D eigenvalue weighted by Gasteiger charge is 2.41. The van der Waals surface area contributed by atoms with Crippen molar-refractivity contribution in [1.82, 2.24) is 4.90 Å². The molecule has 1 aliphatic rings. The van der Waals surface area contributed by atoms with Gasteiger partial charge in [-0.25, -0.2) is 0 Å². The lowest BCUT2D eigenvalue weighted by atomic mass is 10.0. The molecule has 8 heteroatoms. The SMILES string of the molecule is C[C@H]1CCCCN1Cc1c(O)ccc2c(=O)c(Oc3ccc(-c4ccccc4)cc3)c(C(F)(F)F)oc12. The van der Waals surface area contributed by atoms with Crippen LogP contribution in [0.2, 0.25) is 0 Å². The summed E-state index contributed by atoms with van der Waals surface area (Å²) in [6.45, 7) is 2.95. The number of phenols is 1. The molecule has 5 rings (SSSR count). The smallest absolute Gasteiger partial charge is 0.453 e. The van der Waals surface area contributed by atoms with E-state index in [2.05, 4.69) is 4.90 Å². The Labute approximate surface area is 211 Å². The molecule has 1 N–H and O–H groups in total. The van der Waals surface area contributed by atoms with E-state index in [0.29, 0.717) is 0 Å². The second kappa shape index (κ2) is 9.94. The Morgan fingerprint density at radius 3 is 2.38 bits per heavy atom. The number of alkyl halides is 3. The second-order valence-electron chi connectivity index (χ2n) is 9.33. The highest BCUT2D eigenvalue weighted by Crippen LogP contribution is 2.40. The zero-order chi connectivity index (χ0) is 26.2. The lowest BCUT2D eigenvalue weighted by molar-refractivity contribution is -0.154. The number of halogens is 3. The number of phenolic OH excluding ortho intramolecular Hbond substituents is 1. The average Bonchev–Trinajstić information content (AvgIpc) is 2.88. The van der Waals surface area contributed by atoms with Crippen LogP contribution in [0.25, 0.3) is 22.1 Å². The first kappa shape index (κ1) is 24.9. The monoisotopic (exact) mass is 509 g/mol. The molecule has 192 valence electrons. The lowest BCUT2D eigenvalue weighted by Gasteiger charge is -2.33. The normalized spacial score (nSPS) is 16.7. The van der Waals surface area contributed by atoms with Crippen molar-refractivity contribution in [2.24, 2.45) is 0 Å². The van der Waals surface area contributed by atoms with Crippen molar-refractivity contribution in [3.63, 3.8) is 0 Å². The fraction of sp³-hybridized carbons (Fsp3) is 0.276. The maximum absolute atomic E-state index is 14.1. The predicted molar refractivity (Wildman–Crippen MR) is 135 cm³/mol. The molecule has 37 heavy (non-hydrogen) atoms. The molecule has 1 atom stereocenters. The highest BCUT2D eigenvalue weighted by atomic mass is 19.4. The van der Waals surface area contributed by atoms with Gasteiger partial charge in [-0.3, -0.25) is 9.69 Å². The van der Waals surface area contributed by atoms with E-state index in [0.717, 1.165) is 36.9 Å². The largest absolute Gasteiger partial charge is 0.507 e. The van der Waals surface area contributed by atoms with Crippen LogP contribution in [0.3, 0.4) is 0 Å². The molecule has 4 aromatic rings. The number of hydrogen-bond acceptors (Lipinski definition) is 5. The molecule has 0 amide bonds. The highest BCUT2D eigenvalue weighted by molar-refractivity contribution is 5.83. The van der Waals surface area contributed by atoms with Gasteiger partial charge < -0.3 is 14.3 Å². The summed E-state index contributed by atoms with van der Waals surface area (Å²) in [6.07, 6.45) is -2.02. The zero-order valence-corrected chi connectivity index (χ0v) is 20.2. The van der Waals surface area contributed by atoms with E-state index in [1.165, 1.54) is 24.3 Å². The van der Waals surface area contributed by atoms with Gasteiger partial charge in [0.2, 0.25) is 11.2 Å². The van der Waals surface area contributed by atoms with Gasteiger partial charge in [0.15, 0.2) is 0 Å². The number of rotatable bonds is 5. The molecule has 0 bridgehead atoms. The Hall–Kier alpha value is -3.78. The molecule has 5 nitrogen and oxygen atoms in total. The number of ether oxygens (including phenoxy) is 1. The molecule has 0 spiro atoms. The summed E-state index contributed by atoms with van der Waals surface area (Å²) in [5.74, 6) is -2.61. The molecule has 0 radical (unpaired) electrons. The summed E-state index contributed by atoms with van der Waals surface area (Å²) in [7, 11) is 0. The van der Waals surface area contributed by atoms with Gasteiger partial charge in [0, 0.05) is 12.6 Å².